The Morgan fingerprint density at radius 1 is 1.22 bits per heavy atom. The zero-order valence-electron chi connectivity index (χ0n) is 12.2. The van der Waals surface area contributed by atoms with E-state index >= 15 is 0 Å². The van der Waals surface area contributed by atoms with E-state index in [9.17, 15) is 4.46 Å². The van der Waals surface area contributed by atoms with Gasteiger partial charge in [0, 0.05) is 6.04 Å². The number of rotatable bonds is 9. The van der Waals surface area contributed by atoms with Crippen molar-refractivity contribution < 1.29 is 17.4 Å². The van der Waals surface area contributed by atoms with Gasteiger partial charge in [0.1, 0.15) is 0 Å². The third kappa shape index (κ3) is 8.30. The number of unbranched alkanes of at least 4 members (excludes halogenated alkanes) is 1. The van der Waals surface area contributed by atoms with Gasteiger partial charge in [0.25, 0.3) is 0 Å². The van der Waals surface area contributed by atoms with Gasteiger partial charge in [0.05, 0.1) is 12.7 Å². The van der Waals surface area contributed by atoms with E-state index in [4.69, 9.17) is 13.0 Å². The molecule has 0 radical (unpaired) electrons. The molecular weight excluding hydrogens is 280 g/mol. The summed E-state index contributed by atoms with van der Waals surface area (Å²) in [5.74, 6) is 0. The zero-order chi connectivity index (χ0) is 13.8. The minimum absolute atomic E-state index is 0.481. The maximum atomic E-state index is 11.9. The van der Waals surface area contributed by atoms with Crippen molar-refractivity contribution in [1.29, 1.82) is 0 Å². The van der Waals surface area contributed by atoms with Crippen LogP contribution < -0.4 is 0 Å². The highest BCUT2D eigenvalue weighted by Gasteiger charge is 2.34. The molecule has 7 heteroatoms. The third-order valence-electron chi connectivity index (χ3n) is 2.47. The second kappa shape index (κ2) is 6.56. The maximum absolute atomic E-state index is 11.9. The van der Waals surface area contributed by atoms with Crippen LogP contribution in [0.2, 0.25) is 38.8 Å². The van der Waals surface area contributed by atoms with E-state index in [0.29, 0.717) is 12.1 Å². The van der Waals surface area contributed by atoms with Crippen molar-refractivity contribution in [3.05, 3.63) is 0 Å². The largest absolute Gasteiger partial charge is 0.560 e. The van der Waals surface area contributed by atoms with Gasteiger partial charge in [-0.3, -0.25) is 0 Å². The van der Waals surface area contributed by atoms with Crippen molar-refractivity contribution in [3.8, 4) is 0 Å². The van der Waals surface area contributed by atoms with Crippen LogP contribution in [-0.2, 0) is 17.4 Å². The topological polar surface area (TPSA) is 48.1 Å². The molecule has 1 heterocycles. The predicted molar refractivity (Wildman–Crippen MR) is 77.8 cm³/mol. The fourth-order valence-corrected chi connectivity index (χ4v) is 11.5. The Kier molecular flexibility index (Phi) is 5.91. The Balaban J connectivity index is 2.16. The predicted octanol–water partition coefficient (Wildman–Crippen LogP) is 3.04. The first-order chi connectivity index (χ1) is 8.18. The summed E-state index contributed by atoms with van der Waals surface area (Å²) in [6.07, 6.45) is 3.63. The summed E-state index contributed by atoms with van der Waals surface area (Å²) in [6, 6.07) is 0.683. The number of hydrogen-bond acceptors (Lipinski definition) is 4. The van der Waals surface area contributed by atoms with E-state index in [1.54, 1.807) is 0 Å². The van der Waals surface area contributed by atoms with Crippen LogP contribution in [0.5, 0.6) is 0 Å². The van der Waals surface area contributed by atoms with E-state index < -0.39 is 25.8 Å². The maximum Gasteiger partial charge on any atom is 0.489 e. The average Bonchev–Trinajstić information content (AvgIpc) is 2.90. The van der Waals surface area contributed by atoms with Crippen LogP contribution in [0.3, 0.4) is 0 Å². The minimum atomic E-state index is -2.20. The van der Waals surface area contributed by atoms with Crippen molar-refractivity contribution in [2.45, 2.75) is 64.1 Å². The summed E-state index contributed by atoms with van der Waals surface area (Å²) in [5, 5.41) is 0. The Morgan fingerprint density at radius 3 is 2.33 bits per heavy atom. The van der Waals surface area contributed by atoms with Crippen LogP contribution in [-0.4, -0.2) is 38.5 Å². The van der Waals surface area contributed by atoms with Gasteiger partial charge in [-0.05, 0) is 45.6 Å². The van der Waals surface area contributed by atoms with Crippen molar-refractivity contribution >= 4 is 25.8 Å². The van der Waals surface area contributed by atoms with Crippen molar-refractivity contribution in [3.63, 3.8) is 0 Å². The minimum Gasteiger partial charge on any atom is -0.560 e. The van der Waals surface area contributed by atoms with E-state index in [-0.39, 0.29) is 0 Å². The summed E-state index contributed by atoms with van der Waals surface area (Å²) in [6.45, 7) is 11.3. The van der Waals surface area contributed by atoms with Crippen LogP contribution in [0.4, 0.5) is 0 Å². The molecule has 1 saturated heterocycles. The molecule has 1 atom stereocenters. The lowest BCUT2D eigenvalue weighted by atomic mass is 10.2. The molecule has 1 unspecified atom stereocenters. The summed E-state index contributed by atoms with van der Waals surface area (Å²) < 4.78 is 28.8. The van der Waals surface area contributed by atoms with E-state index in [1.807, 2.05) is 13.1 Å². The molecule has 4 nitrogen and oxygen atoms in total. The Morgan fingerprint density at radius 2 is 1.83 bits per heavy atom. The fraction of sp³-hybridized carbons (Fsp3) is 1.00. The molecule has 18 heavy (non-hydrogen) atoms. The molecule has 1 aliphatic heterocycles. The molecular formula is C11H26O4Si3. The Bertz CT molecular complexity index is 285. The van der Waals surface area contributed by atoms with Gasteiger partial charge < -0.3 is 17.4 Å². The van der Waals surface area contributed by atoms with Crippen molar-refractivity contribution in [2.75, 3.05) is 6.61 Å². The number of epoxide rings is 1. The molecule has 0 spiro atoms. The van der Waals surface area contributed by atoms with Crippen molar-refractivity contribution in [1.82, 2.24) is 0 Å². The molecule has 0 amide bonds. The molecule has 0 aliphatic carbocycles. The van der Waals surface area contributed by atoms with E-state index in [1.165, 1.54) is 0 Å². The summed E-state index contributed by atoms with van der Waals surface area (Å²) >= 11 is 0. The van der Waals surface area contributed by atoms with Gasteiger partial charge in [-0.2, -0.15) is 0 Å². The van der Waals surface area contributed by atoms with Crippen LogP contribution in [0.15, 0.2) is 0 Å². The summed E-state index contributed by atoms with van der Waals surface area (Å²) in [4.78, 5) is 0. The second-order valence-electron chi connectivity index (χ2n) is 6.29. The smallest absolute Gasteiger partial charge is 0.489 e. The third-order valence-corrected chi connectivity index (χ3v) is 10.5. The molecule has 0 saturated carbocycles. The molecule has 0 N–H and O–H groups in total. The fourth-order valence-electron chi connectivity index (χ4n) is 1.96. The number of hydrogen-bond donors (Lipinski definition) is 0. The van der Waals surface area contributed by atoms with Gasteiger partial charge in [0.15, 0.2) is 8.32 Å². The zero-order valence-corrected chi connectivity index (χ0v) is 15.2. The monoisotopic (exact) mass is 306 g/mol. The van der Waals surface area contributed by atoms with Crippen LogP contribution in [0, 0.1) is 0 Å². The van der Waals surface area contributed by atoms with Crippen molar-refractivity contribution in [2.24, 2.45) is 0 Å². The molecule has 1 rings (SSSR count). The first-order valence-electron chi connectivity index (χ1n) is 6.72. The lowest BCUT2D eigenvalue weighted by Gasteiger charge is -2.30. The second-order valence-corrected chi connectivity index (χ2v) is 16.2. The summed E-state index contributed by atoms with van der Waals surface area (Å²) in [7, 11) is -5.74. The Labute approximate surface area is 114 Å². The molecule has 1 aliphatic rings. The van der Waals surface area contributed by atoms with Gasteiger partial charge >= 0.3 is 17.5 Å². The molecule has 0 aromatic heterocycles. The van der Waals surface area contributed by atoms with E-state index in [0.717, 1.165) is 25.9 Å². The first-order valence-corrected chi connectivity index (χ1v) is 14.5. The standard InChI is InChI=1S/C11H26O4Si3/c1-17(2,3)15-18(4,5)14-16(12)9-7-6-8-11-10-13-11/h11H,6-10H2,1-5H3. The summed E-state index contributed by atoms with van der Waals surface area (Å²) in [5.41, 5.74) is 0. The molecule has 0 aromatic carbocycles. The van der Waals surface area contributed by atoms with E-state index in [2.05, 4.69) is 19.6 Å². The molecule has 1 fully saturated rings. The van der Waals surface area contributed by atoms with Gasteiger partial charge in [-0.15, -0.1) is 0 Å². The van der Waals surface area contributed by atoms with Crippen LogP contribution in [0.25, 0.3) is 0 Å². The lowest BCUT2D eigenvalue weighted by molar-refractivity contribution is 0.364. The van der Waals surface area contributed by atoms with Gasteiger partial charge in [0.2, 0.25) is 0 Å². The molecule has 106 valence electrons. The SMILES string of the molecule is C[Si](C)(C)O[Si](C)(C)O[Si](=O)CCCCC1CO1. The highest BCUT2D eigenvalue weighted by molar-refractivity contribution is 6.83. The quantitative estimate of drug-likeness (QED) is 0.373. The highest BCUT2D eigenvalue weighted by atomic mass is 28.5. The van der Waals surface area contributed by atoms with Gasteiger partial charge in [-0.1, -0.05) is 6.42 Å². The highest BCUT2D eigenvalue weighted by Crippen LogP contribution is 2.19. The van der Waals surface area contributed by atoms with Gasteiger partial charge in [-0.25, -0.2) is 0 Å². The Hall–Kier alpha value is 0.171. The van der Waals surface area contributed by atoms with Crippen LogP contribution >= 0.6 is 0 Å². The number of ether oxygens (including phenoxy) is 1. The normalized spacial score (nSPS) is 19.7. The average molecular weight is 307 g/mol. The lowest BCUT2D eigenvalue weighted by Crippen LogP contribution is -2.46. The molecule has 0 aromatic rings. The van der Waals surface area contributed by atoms with Crippen LogP contribution in [0.1, 0.15) is 19.3 Å². The molecule has 0 bridgehead atoms. The first kappa shape index (κ1) is 16.2.